The van der Waals surface area contributed by atoms with Gasteiger partial charge in [-0.05, 0) is 12.8 Å². The maximum Gasteiger partial charge on any atom is 0.319 e. The number of rotatable bonds is 4. The molecule has 1 unspecified atom stereocenters. The van der Waals surface area contributed by atoms with Gasteiger partial charge in [-0.3, -0.25) is 4.79 Å². The van der Waals surface area contributed by atoms with Gasteiger partial charge in [0.15, 0.2) is 0 Å². The number of nitrogens with one attached hydrogen (secondary N) is 1. The lowest BCUT2D eigenvalue weighted by atomic mass is 9.93. The van der Waals surface area contributed by atoms with Crippen LogP contribution in [-0.4, -0.2) is 67.2 Å². The van der Waals surface area contributed by atoms with E-state index in [1.54, 1.807) is 19.0 Å². The average Bonchev–Trinajstić information content (AvgIpc) is 2.44. The van der Waals surface area contributed by atoms with Crippen molar-refractivity contribution < 1.29 is 14.7 Å². The van der Waals surface area contributed by atoms with Crippen LogP contribution < -0.4 is 5.32 Å². The molecule has 6 heteroatoms. The molecule has 20 heavy (non-hydrogen) atoms. The summed E-state index contributed by atoms with van der Waals surface area (Å²) in [6.07, 6.45) is 1.66. The zero-order valence-electron chi connectivity index (χ0n) is 13.0. The minimum absolute atomic E-state index is 0.0252. The Kier molecular flexibility index (Phi) is 5.80. The van der Waals surface area contributed by atoms with Gasteiger partial charge in [-0.1, -0.05) is 13.8 Å². The summed E-state index contributed by atoms with van der Waals surface area (Å²) in [5.41, 5.74) is -0.316. The fourth-order valence-electron chi connectivity index (χ4n) is 2.17. The molecule has 0 bridgehead atoms. The largest absolute Gasteiger partial charge is 0.396 e. The predicted octanol–water partition coefficient (Wildman–Crippen LogP) is 0.515. The summed E-state index contributed by atoms with van der Waals surface area (Å²) >= 11 is 0. The molecule has 3 amide bonds. The second kappa shape index (κ2) is 6.92. The molecule has 0 saturated carbocycles. The number of hydrogen-bond donors (Lipinski definition) is 2. The van der Waals surface area contributed by atoms with Crippen molar-refractivity contribution in [2.75, 3.05) is 40.3 Å². The van der Waals surface area contributed by atoms with E-state index < -0.39 is 0 Å². The molecule has 0 aromatic heterocycles. The van der Waals surface area contributed by atoms with E-state index in [2.05, 4.69) is 5.32 Å². The third-order valence-corrected chi connectivity index (χ3v) is 3.61. The zero-order chi connectivity index (χ0) is 15.3. The molecule has 0 aliphatic carbocycles. The fraction of sp³-hybridized carbons (Fsp3) is 0.857. The quantitative estimate of drug-likeness (QED) is 0.790. The minimum Gasteiger partial charge on any atom is -0.396 e. The first-order chi connectivity index (χ1) is 9.26. The highest BCUT2D eigenvalue weighted by Crippen LogP contribution is 2.18. The van der Waals surface area contributed by atoms with Gasteiger partial charge in [0.05, 0.1) is 5.92 Å². The molecule has 0 aromatic carbocycles. The van der Waals surface area contributed by atoms with Crippen molar-refractivity contribution in [1.29, 1.82) is 0 Å². The van der Waals surface area contributed by atoms with Crippen molar-refractivity contribution in [3.63, 3.8) is 0 Å². The lowest BCUT2D eigenvalue weighted by Gasteiger charge is -2.34. The van der Waals surface area contributed by atoms with Crippen molar-refractivity contribution in [3.05, 3.63) is 0 Å². The Morgan fingerprint density at radius 2 is 2.05 bits per heavy atom. The average molecular weight is 285 g/mol. The van der Waals surface area contributed by atoms with Crippen LogP contribution in [0.25, 0.3) is 0 Å². The molecule has 116 valence electrons. The molecular formula is C14H27N3O3. The van der Waals surface area contributed by atoms with Gasteiger partial charge in [0.2, 0.25) is 5.91 Å². The standard InChI is InChI=1S/C14H27N3O3/c1-14(2,10-18)9-15-12(19)11-6-5-7-17(8-11)13(20)16(3)4/h11,18H,5-10H2,1-4H3,(H,15,19). The van der Waals surface area contributed by atoms with Crippen LogP contribution in [-0.2, 0) is 4.79 Å². The number of carbonyl (C=O) groups is 2. The molecule has 1 saturated heterocycles. The number of aliphatic hydroxyl groups is 1. The summed E-state index contributed by atoms with van der Waals surface area (Å²) in [6, 6.07) is -0.0433. The third kappa shape index (κ3) is 4.67. The van der Waals surface area contributed by atoms with E-state index in [1.807, 2.05) is 13.8 Å². The topological polar surface area (TPSA) is 72.9 Å². The number of carbonyl (C=O) groups excluding carboxylic acids is 2. The smallest absolute Gasteiger partial charge is 0.319 e. The Labute approximate surface area is 121 Å². The van der Waals surface area contributed by atoms with Crippen molar-refractivity contribution in [3.8, 4) is 0 Å². The van der Waals surface area contributed by atoms with Crippen LogP contribution >= 0.6 is 0 Å². The van der Waals surface area contributed by atoms with Gasteiger partial charge in [-0.25, -0.2) is 4.79 Å². The summed E-state index contributed by atoms with van der Waals surface area (Å²) in [7, 11) is 3.44. The van der Waals surface area contributed by atoms with Gasteiger partial charge in [0.25, 0.3) is 0 Å². The Balaban J connectivity index is 2.50. The number of aliphatic hydroxyl groups excluding tert-OH is 1. The van der Waals surface area contributed by atoms with Crippen LogP contribution in [0.15, 0.2) is 0 Å². The summed E-state index contributed by atoms with van der Waals surface area (Å²) in [6.45, 7) is 5.46. The highest BCUT2D eigenvalue weighted by molar-refractivity contribution is 5.80. The third-order valence-electron chi connectivity index (χ3n) is 3.61. The number of nitrogens with zero attached hydrogens (tertiary/aromatic N) is 2. The minimum atomic E-state index is -0.316. The second-order valence-electron chi connectivity index (χ2n) is 6.50. The normalized spacial score (nSPS) is 19.6. The first-order valence-corrected chi connectivity index (χ1v) is 7.11. The molecule has 6 nitrogen and oxygen atoms in total. The van der Waals surface area contributed by atoms with Gasteiger partial charge in [0, 0.05) is 45.8 Å². The van der Waals surface area contributed by atoms with E-state index in [1.165, 1.54) is 4.90 Å². The van der Waals surface area contributed by atoms with Crippen molar-refractivity contribution >= 4 is 11.9 Å². The highest BCUT2D eigenvalue weighted by atomic mass is 16.3. The Bertz CT molecular complexity index is 356. The van der Waals surface area contributed by atoms with E-state index in [0.717, 1.165) is 12.8 Å². The molecule has 1 aliphatic heterocycles. The van der Waals surface area contributed by atoms with Gasteiger partial charge in [0.1, 0.15) is 0 Å². The van der Waals surface area contributed by atoms with Crippen molar-refractivity contribution in [1.82, 2.24) is 15.1 Å². The summed E-state index contributed by atoms with van der Waals surface area (Å²) < 4.78 is 0. The highest BCUT2D eigenvalue weighted by Gasteiger charge is 2.29. The summed E-state index contributed by atoms with van der Waals surface area (Å²) in [4.78, 5) is 27.3. The lowest BCUT2D eigenvalue weighted by Crippen LogP contribution is -2.49. The molecule has 2 N–H and O–H groups in total. The van der Waals surface area contributed by atoms with Crippen LogP contribution in [0.5, 0.6) is 0 Å². The van der Waals surface area contributed by atoms with Gasteiger partial charge in [-0.2, -0.15) is 0 Å². The first kappa shape index (κ1) is 16.8. The Morgan fingerprint density at radius 3 is 2.60 bits per heavy atom. The number of likely N-dealkylation sites (tertiary alicyclic amines) is 1. The first-order valence-electron chi connectivity index (χ1n) is 7.11. The van der Waals surface area contributed by atoms with E-state index in [4.69, 9.17) is 0 Å². The Hall–Kier alpha value is -1.30. The lowest BCUT2D eigenvalue weighted by molar-refractivity contribution is -0.126. The van der Waals surface area contributed by atoms with Crippen LogP contribution in [0.1, 0.15) is 26.7 Å². The molecule has 0 spiro atoms. The number of hydrogen-bond acceptors (Lipinski definition) is 3. The molecule has 0 aromatic rings. The van der Waals surface area contributed by atoms with E-state index in [-0.39, 0.29) is 29.9 Å². The maximum atomic E-state index is 12.2. The maximum absolute atomic E-state index is 12.2. The fourth-order valence-corrected chi connectivity index (χ4v) is 2.17. The molecular weight excluding hydrogens is 258 g/mol. The van der Waals surface area contributed by atoms with Crippen LogP contribution in [0.2, 0.25) is 0 Å². The van der Waals surface area contributed by atoms with E-state index >= 15 is 0 Å². The monoisotopic (exact) mass is 285 g/mol. The SMILES string of the molecule is CN(C)C(=O)N1CCCC(C(=O)NCC(C)(C)CO)C1. The van der Waals surface area contributed by atoms with Crippen LogP contribution in [0.3, 0.4) is 0 Å². The molecule has 1 rings (SSSR count). The van der Waals surface area contributed by atoms with E-state index in [0.29, 0.717) is 19.6 Å². The van der Waals surface area contributed by atoms with Gasteiger partial charge < -0.3 is 20.2 Å². The molecule has 1 aliphatic rings. The predicted molar refractivity (Wildman–Crippen MR) is 77.3 cm³/mol. The molecule has 1 atom stereocenters. The van der Waals surface area contributed by atoms with Gasteiger partial charge >= 0.3 is 6.03 Å². The van der Waals surface area contributed by atoms with E-state index in [9.17, 15) is 14.7 Å². The Morgan fingerprint density at radius 1 is 1.40 bits per heavy atom. The van der Waals surface area contributed by atoms with Crippen molar-refractivity contribution in [2.24, 2.45) is 11.3 Å². The zero-order valence-corrected chi connectivity index (χ0v) is 13.0. The molecule has 1 fully saturated rings. The van der Waals surface area contributed by atoms with Crippen molar-refractivity contribution in [2.45, 2.75) is 26.7 Å². The summed E-state index contributed by atoms with van der Waals surface area (Å²) in [5.74, 6) is -0.176. The second-order valence-corrected chi connectivity index (χ2v) is 6.50. The number of piperidine rings is 1. The van der Waals surface area contributed by atoms with Gasteiger partial charge in [-0.15, -0.1) is 0 Å². The number of urea groups is 1. The molecule has 1 heterocycles. The number of amides is 3. The van der Waals surface area contributed by atoms with Crippen LogP contribution in [0.4, 0.5) is 4.79 Å². The summed E-state index contributed by atoms with van der Waals surface area (Å²) in [5, 5.41) is 12.1. The van der Waals surface area contributed by atoms with Crippen LogP contribution in [0, 0.1) is 11.3 Å². The molecule has 0 radical (unpaired) electrons.